The molecule has 0 unspecified atom stereocenters. The fourth-order valence-corrected chi connectivity index (χ4v) is 4.19. The molecule has 0 fully saturated rings. The third kappa shape index (κ3) is 1.68. The number of hydrogen-bond acceptors (Lipinski definition) is 0. The molecular formula is C16H20ClN. The standard InChI is InChI=1S/C16H20ClN/c1-15(2)8-12-13(16(3,4)9-15)10-6-5-7-11(17)14(10)18-12/h5-7,18H,8-9H2,1-4H3. The summed E-state index contributed by atoms with van der Waals surface area (Å²) in [5.74, 6) is 0. The highest BCUT2D eigenvalue weighted by Gasteiger charge is 2.39. The fraction of sp³-hybridized carbons (Fsp3) is 0.500. The van der Waals surface area contributed by atoms with Crippen LogP contribution >= 0.6 is 11.6 Å². The Morgan fingerprint density at radius 2 is 1.89 bits per heavy atom. The highest BCUT2D eigenvalue weighted by molar-refractivity contribution is 6.35. The average Bonchev–Trinajstić information content (AvgIpc) is 2.54. The number of rotatable bonds is 0. The van der Waals surface area contributed by atoms with Crippen molar-refractivity contribution in [2.24, 2.45) is 5.41 Å². The van der Waals surface area contributed by atoms with Crippen LogP contribution in [0.2, 0.25) is 5.02 Å². The van der Waals surface area contributed by atoms with Gasteiger partial charge in [0.2, 0.25) is 0 Å². The summed E-state index contributed by atoms with van der Waals surface area (Å²) in [6.45, 7) is 9.40. The molecule has 0 bridgehead atoms. The van der Waals surface area contributed by atoms with Gasteiger partial charge in [0.05, 0.1) is 10.5 Å². The Bertz CT molecular complexity index is 619. The molecule has 1 aliphatic rings. The first-order valence-electron chi connectivity index (χ1n) is 6.60. The van der Waals surface area contributed by atoms with Gasteiger partial charge in [0.1, 0.15) is 0 Å². The van der Waals surface area contributed by atoms with Crippen LogP contribution in [0.15, 0.2) is 18.2 Å². The van der Waals surface area contributed by atoms with E-state index in [0.717, 1.165) is 17.0 Å². The average molecular weight is 262 g/mol. The molecule has 1 heterocycles. The van der Waals surface area contributed by atoms with E-state index in [1.54, 1.807) is 0 Å². The molecule has 3 rings (SSSR count). The zero-order valence-corrected chi connectivity index (χ0v) is 12.3. The molecule has 1 N–H and O–H groups in total. The maximum atomic E-state index is 6.31. The van der Waals surface area contributed by atoms with Crippen LogP contribution in [0, 0.1) is 5.41 Å². The van der Waals surface area contributed by atoms with E-state index in [1.165, 1.54) is 23.1 Å². The molecule has 1 aliphatic carbocycles. The Kier molecular flexibility index (Phi) is 2.38. The van der Waals surface area contributed by atoms with Gasteiger partial charge >= 0.3 is 0 Å². The van der Waals surface area contributed by atoms with Crippen molar-refractivity contribution in [2.45, 2.75) is 46.0 Å². The predicted octanol–water partition coefficient (Wildman–Crippen LogP) is 5.07. The Labute approximate surface area is 114 Å². The maximum Gasteiger partial charge on any atom is 0.0648 e. The van der Waals surface area contributed by atoms with Crippen LogP contribution in [0.1, 0.15) is 45.4 Å². The third-order valence-electron chi connectivity index (χ3n) is 4.11. The molecule has 2 aromatic rings. The van der Waals surface area contributed by atoms with Crippen LogP contribution in [0.4, 0.5) is 0 Å². The summed E-state index contributed by atoms with van der Waals surface area (Å²) < 4.78 is 0. The molecule has 1 aromatic carbocycles. The summed E-state index contributed by atoms with van der Waals surface area (Å²) in [5, 5.41) is 2.13. The van der Waals surface area contributed by atoms with Gasteiger partial charge in [0.15, 0.2) is 0 Å². The van der Waals surface area contributed by atoms with Gasteiger partial charge in [-0.25, -0.2) is 0 Å². The number of aromatic nitrogens is 1. The van der Waals surface area contributed by atoms with E-state index in [9.17, 15) is 0 Å². The third-order valence-corrected chi connectivity index (χ3v) is 4.43. The van der Waals surface area contributed by atoms with Crippen molar-refractivity contribution >= 4 is 22.5 Å². The minimum atomic E-state index is 0.208. The lowest BCUT2D eigenvalue weighted by Crippen LogP contribution is -2.34. The van der Waals surface area contributed by atoms with E-state index >= 15 is 0 Å². The van der Waals surface area contributed by atoms with Gasteiger partial charge in [0, 0.05) is 11.1 Å². The molecule has 0 radical (unpaired) electrons. The van der Waals surface area contributed by atoms with Crippen molar-refractivity contribution in [1.82, 2.24) is 4.98 Å². The highest BCUT2D eigenvalue weighted by atomic mass is 35.5. The quantitative estimate of drug-likeness (QED) is 0.681. The number of fused-ring (bicyclic) bond motifs is 3. The van der Waals surface area contributed by atoms with E-state index in [1.807, 2.05) is 6.07 Å². The number of benzene rings is 1. The largest absolute Gasteiger partial charge is 0.357 e. The first kappa shape index (κ1) is 12.1. The van der Waals surface area contributed by atoms with Crippen molar-refractivity contribution in [3.8, 4) is 0 Å². The Hall–Kier alpha value is -0.950. The van der Waals surface area contributed by atoms with E-state index in [-0.39, 0.29) is 5.41 Å². The summed E-state index contributed by atoms with van der Waals surface area (Å²) in [4.78, 5) is 3.56. The number of aromatic amines is 1. The zero-order chi connectivity index (χ0) is 13.1. The van der Waals surface area contributed by atoms with Crippen LogP contribution in [0.5, 0.6) is 0 Å². The fourth-order valence-electron chi connectivity index (χ4n) is 3.97. The minimum absolute atomic E-state index is 0.208. The number of hydrogen-bond donors (Lipinski definition) is 1. The lowest BCUT2D eigenvalue weighted by Gasteiger charge is -2.40. The van der Waals surface area contributed by atoms with E-state index in [4.69, 9.17) is 11.6 Å². The molecule has 0 atom stereocenters. The number of H-pyrrole nitrogens is 1. The van der Waals surface area contributed by atoms with Gasteiger partial charge in [-0.3, -0.25) is 0 Å². The summed E-state index contributed by atoms with van der Waals surface area (Å²) in [6.07, 6.45) is 2.32. The molecule has 0 saturated heterocycles. The minimum Gasteiger partial charge on any atom is -0.357 e. The molecule has 1 nitrogen and oxygen atoms in total. The molecule has 0 aliphatic heterocycles. The van der Waals surface area contributed by atoms with Crippen molar-refractivity contribution in [2.75, 3.05) is 0 Å². The van der Waals surface area contributed by atoms with Gasteiger partial charge in [0.25, 0.3) is 0 Å². The summed E-state index contributed by atoms with van der Waals surface area (Å²) in [6, 6.07) is 6.20. The van der Waals surface area contributed by atoms with E-state index in [2.05, 4.69) is 44.8 Å². The summed E-state index contributed by atoms with van der Waals surface area (Å²) in [5.41, 5.74) is 4.51. The number of halogens is 1. The Morgan fingerprint density at radius 1 is 1.17 bits per heavy atom. The molecule has 0 spiro atoms. The van der Waals surface area contributed by atoms with Gasteiger partial charge in [-0.15, -0.1) is 0 Å². The van der Waals surface area contributed by atoms with Crippen LogP contribution in [-0.2, 0) is 11.8 Å². The Morgan fingerprint density at radius 3 is 2.61 bits per heavy atom. The van der Waals surface area contributed by atoms with Gasteiger partial charge in [-0.05, 0) is 35.3 Å². The van der Waals surface area contributed by atoms with Crippen molar-refractivity contribution in [3.63, 3.8) is 0 Å². The van der Waals surface area contributed by atoms with Crippen LogP contribution in [-0.4, -0.2) is 4.98 Å². The molecule has 96 valence electrons. The monoisotopic (exact) mass is 261 g/mol. The second-order valence-electron chi connectivity index (χ2n) is 7.04. The topological polar surface area (TPSA) is 15.8 Å². The summed E-state index contributed by atoms with van der Waals surface area (Å²) >= 11 is 6.31. The summed E-state index contributed by atoms with van der Waals surface area (Å²) in [7, 11) is 0. The van der Waals surface area contributed by atoms with Crippen LogP contribution < -0.4 is 0 Å². The van der Waals surface area contributed by atoms with Gasteiger partial charge in [-0.2, -0.15) is 0 Å². The first-order chi connectivity index (χ1) is 8.30. The molecule has 1 aromatic heterocycles. The molecule has 18 heavy (non-hydrogen) atoms. The molecule has 2 heteroatoms. The Balaban J connectivity index is 2.34. The van der Waals surface area contributed by atoms with Crippen LogP contribution in [0.3, 0.4) is 0 Å². The number of nitrogens with one attached hydrogen (secondary N) is 1. The van der Waals surface area contributed by atoms with Gasteiger partial charge in [-0.1, -0.05) is 51.4 Å². The lowest BCUT2D eigenvalue weighted by atomic mass is 9.64. The predicted molar refractivity (Wildman–Crippen MR) is 78.4 cm³/mol. The maximum absolute atomic E-state index is 6.31. The highest BCUT2D eigenvalue weighted by Crippen LogP contribution is 2.48. The zero-order valence-electron chi connectivity index (χ0n) is 11.5. The smallest absolute Gasteiger partial charge is 0.0648 e. The van der Waals surface area contributed by atoms with E-state index in [0.29, 0.717) is 5.41 Å². The molecular weight excluding hydrogens is 242 g/mol. The van der Waals surface area contributed by atoms with Crippen LogP contribution in [0.25, 0.3) is 10.9 Å². The number of para-hydroxylation sites is 1. The second kappa shape index (κ2) is 3.54. The SMILES string of the molecule is CC1(C)Cc2[nH]c3c(Cl)cccc3c2C(C)(C)C1. The van der Waals surface area contributed by atoms with Crippen molar-refractivity contribution in [3.05, 3.63) is 34.5 Å². The van der Waals surface area contributed by atoms with E-state index < -0.39 is 0 Å². The second-order valence-corrected chi connectivity index (χ2v) is 7.45. The van der Waals surface area contributed by atoms with Gasteiger partial charge < -0.3 is 4.98 Å². The molecule has 0 amide bonds. The lowest BCUT2D eigenvalue weighted by molar-refractivity contribution is 0.231. The normalized spacial score (nSPS) is 20.9. The van der Waals surface area contributed by atoms with Crippen molar-refractivity contribution < 1.29 is 0 Å². The molecule has 0 saturated carbocycles. The first-order valence-corrected chi connectivity index (χ1v) is 6.98. The van der Waals surface area contributed by atoms with Crippen molar-refractivity contribution in [1.29, 1.82) is 0 Å².